The van der Waals surface area contributed by atoms with Gasteiger partial charge < -0.3 is 9.84 Å². The molecule has 1 aromatic heterocycles. The van der Waals surface area contributed by atoms with E-state index in [1.54, 1.807) is 35.4 Å². The molecular formula is C22H28N4O6S3. The third-order valence-corrected chi connectivity index (χ3v) is 9.96. The molecule has 190 valence electrons. The van der Waals surface area contributed by atoms with Crippen molar-refractivity contribution in [2.45, 2.75) is 34.8 Å². The summed E-state index contributed by atoms with van der Waals surface area (Å²) in [5.41, 5.74) is 0.604. The molecule has 1 aromatic carbocycles. The molecule has 0 atom stereocenters. The number of morpholine rings is 1. The van der Waals surface area contributed by atoms with Gasteiger partial charge in [0.15, 0.2) is 5.13 Å². The number of ether oxygens (including phenoxy) is 1. The van der Waals surface area contributed by atoms with E-state index < -0.39 is 16.0 Å². The molecule has 1 aliphatic heterocycles. The zero-order chi connectivity index (χ0) is 24.8. The molecule has 2 N–H and O–H groups in total. The fourth-order valence-corrected chi connectivity index (χ4v) is 7.16. The van der Waals surface area contributed by atoms with Crippen LogP contribution in [-0.2, 0) is 19.6 Å². The molecule has 4 rings (SSSR count). The van der Waals surface area contributed by atoms with E-state index in [0.717, 1.165) is 37.4 Å². The summed E-state index contributed by atoms with van der Waals surface area (Å²) in [6.07, 6.45) is 5.89. The summed E-state index contributed by atoms with van der Waals surface area (Å²) in [7, 11) is -3.62. The van der Waals surface area contributed by atoms with Gasteiger partial charge in [0.2, 0.25) is 10.0 Å². The van der Waals surface area contributed by atoms with Crippen molar-refractivity contribution in [3.63, 3.8) is 0 Å². The van der Waals surface area contributed by atoms with Crippen LogP contribution < -0.4 is 10.2 Å². The van der Waals surface area contributed by atoms with Crippen LogP contribution in [0.3, 0.4) is 0 Å². The number of nitrogens with zero attached hydrogens (tertiary/aromatic N) is 3. The number of carboxylic acids is 1. The minimum Gasteiger partial charge on any atom is -0.481 e. The van der Waals surface area contributed by atoms with Crippen molar-refractivity contribution < 1.29 is 27.9 Å². The third-order valence-electron chi connectivity index (χ3n) is 5.95. The number of thiazole rings is 1. The van der Waals surface area contributed by atoms with E-state index >= 15 is 0 Å². The number of amides is 2. The minimum atomic E-state index is -3.62. The van der Waals surface area contributed by atoms with Crippen LogP contribution in [0.5, 0.6) is 0 Å². The number of hydrogen-bond acceptors (Lipinski definition) is 8. The maximum atomic E-state index is 13.2. The second-order valence-corrected chi connectivity index (χ2v) is 12.6. The van der Waals surface area contributed by atoms with E-state index in [4.69, 9.17) is 9.84 Å². The Balaban J connectivity index is 1.50. The average Bonchev–Trinajstić information content (AvgIpc) is 3.54. The highest BCUT2D eigenvalue weighted by molar-refractivity contribution is 8.01. The monoisotopic (exact) mass is 540 g/mol. The Labute approximate surface area is 212 Å². The minimum absolute atomic E-state index is 0.0803. The molecule has 0 unspecified atom stereocenters. The van der Waals surface area contributed by atoms with Crippen molar-refractivity contribution in [1.82, 2.24) is 9.29 Å². The van der Waals surface area contributed by atoms with Crippen LogP contribution in [-0.4, -0.2) is 73.4 Å². The molecule has 1 saturated heterocycles. The number of rotatable bonds is 9. The molecule has 0 bridgehead atoms. The van der Waals surface area contributed by atoms with Gasteiger partial charge in [0.25, 0.3) is 0 Å². The molecule has 13 heteroatoms. The highest BCUT2D eigenvalue weighted by Gasteiger charge is 2.28. The van der Waals surface area contributed by atoms with Crippen molar-refractivity contribution in [3.8, 4) is 0 Å². The number of urea groups is 1. The Morgan fingerprint density at radius 2 is 1.89 bits per heavy atom. The molecule has 35 heavy (non-hydrogen) atoms. The highest BCUT2D eigenvalue weighted by Crippen LogP contribution is 2.31. The SMILES string of the molecule is O=C(O)CSc1cnc(NC(=O)N(CC2CCCC2)c2ccc(S(=O)(=O)N3CCOCC3)cc2)s1. The molecule has 2 fully saturated rings. The van der Waals surface area contributed by atoms with E-state index in [-0.39, 0.29) is 16.7 Å². The van der Waals surface area contributed by atoms with Crippen LogP contribution in [0.4, 0.5) is 15.6 Å². The fourth-order valence-electron chi connectivity index (χ4n) is 4.17. The van der Waals surface area contributed by atoms with Crippen LogP contribution in [0.2, 0.25) is 0 Å². The second-order valence-electron chi connectivity index (χ2n) is 8.37. The number of hydrogen-bond donors (Lipinski definition) is 2. The molecule has 0 radical (unpaired) electrons. The van der Waals surface area contributed by atoms with Crippen molar-refractivity contribution in [1.29, 1.82) is 0 Å². The number of aromatic nitrogens is 1. The zero-order valence-corrected chi connectivity index (χ0v) is 21.5. The number of sulfonamides is 1. The maximum Gasteiger partial charge on any atom is 0.328 e. The molecule has 10 nitrogen and oxygen atoms in total. The van der Waals surface area contributed by atoms with Gasteiger partial charge in [-0.15, -0.1) is 11.8 Å². The second kappa shape index (κ2) is 11.7. The number of benzene rings is 1. The fraction of sp³-hybridized carbons (Fsp3) is 0.500. The summed E-state index contributed by atoms with van der Waals surface area (Å²) in [5, 5.41) is 12.0. The molecule has 2 aromatic rings. The van der Waals surface area contributed by atoms with E-state index in [1.807, 2.05) is 0 Å². The van der Waals surface area contributed by atoms with Crippen LogP contribution in [0, 0.1) is 5.92 Å². The molecule has 1 aliphatic carbocycles. The Hall–Kier alpha value is -2.19. The number of carbonyl (C=O) groups excluding carboxylic acids is 1. The first-order chi connectivity index (χ1) is 16.8. The predicted molar refractivity (Wildman–Crippen MR) is 135 cm³/mol. The molecular weight excluding hydrogens is 512 g/mol. The van der Waals surface area contributed by atoms with E-state index in [2.05, 4.69) is 10.3 Å². The van der Waals surface area contributed by atoms with Crippen LogP contribution in [0.1, 0.15) is 25.7 Å². The third kappa shape index (κ3) is 6.73. The number of thioether (sulfide) groups is 1. The molecule has 2 aliphatic rings. The van der Waals surface area contributed by atoms with Gasteiger partial charge in [-0.2, -0.15) is 4.31 Å². The number of carboxylic acid groups (broad SMARTS) is 1. The van der Waals surface area contributed by atoms with E-state index in [0.29, 0.717) is 53.8 Å². The van der Waals surface area contributed by atoms with Gasteiger partial charge in [-0.05, 0) is 43.0 Å². The first kappa shape index (κ1) is 25.9. The zero-order valence-electron chi connectivity index (χ0n) is 19.1. The van der Waals surface area contributed by atoms with Gasteiger partial charge in [-0.1, -0.05) is 24.2 Å². The van der Waals surface area contributed by atoms with Crippen LogP contribution in [0.25, 0.3) is 0 Å². The summed E-state index contributed by atoms with van der Waals surface area (Å²) in [6, 6.07) is 6.05. The molecule has 0 spiro atoms. The number of carbonyl (C=O) groups is 2. The van der Waals surface area contributed by atoms with Gasteiger partial charge in [0.05, 0.1) is 34.3 Å². The predicted octanol–water partition coefficient (Wildman–Crippen LogP) is 3.57. The normalized spacial score (nSPS) is 17.4. The maximum absolute atomic E-state index is 13.2. The van der Waals surface area contributed by atoms with Crippen molar-refractivity contribution >= 4 is 55.9 Å². The molecule has 2 amide bonds. The number of anilines is 2. The van der Waals surface area contributed by atoms with Crippen molar-refractivity contribution in [2.75, 3.05) is 48.8 Å². The first-order valence-electron chi connectivity index (χ1n) is 11.4. The van der Waals surface area contributed by atoms with Gasteiger partial charge >= 0.3 is 12.0 Å². The highest BCUT2D eigenvalue weighted by atomic mass is 32.2. The van der Waals surface area contributed by atoms with E-state index in [9.17, 15) is 18.0 Å². The quantitative estimate of drug-likeness (QED) is 0.462. The molecule has 1 saturated carbocycles. The van der Waals surface area contributed by atoms with Crippen LogP contribution in [0.15, 0.2) is 39.6 Å². The number of aliphatic carboxylic acids is 1. The summed E-state index contributed by atoms with van der Waals surface area (Å²) < 4.78 is 33.3. The van der Waals surface area contributed by atoms with Gasteiger partial charge in [-0.3, -0.25) is 15.0 Å². The lowest BCUT2D eigenvalue weighted by Crippen LogP contribution is -2.40. The summed E-state index contributed by atoms with van der Waals surface area (Å²) in [6.45, 7) is 1.91. The number of nitrogens with one attached hydrogen (secondary N) is 1. The summed E-state index contributed by atoms with van der Waals surface area (Å²) in [4.78, 5) is 30.0. The Kier molecular flexibility index (Phi) is 8.65. The van der Waals surface area contributed by atoms with Gasteiger partial charge in [-0.25, -0.2) is 18.2 Å². The average molecular weight is 541 g/mol. The summed E-state index contributed by atoms with van der Waals surface area (Å²) >= 11 is 2.36. The van der Waals surface area contributed by atoms with Gasteiger partial charge in [0.1, 0.15) is 0 Å². The van der Waals surface area contributed by atoms with Crippen LogP contribution >= 0.6 is 23.1 Å². The van der Waals surface area contributed by atoms with Crippen molar-refractivity contribution in [2.24, 2.45) is 5.92 Å². The smallest absolute Gasteiger partial charge is 0.328 e. The first-order valence-corrected chi connectivity index (χ1v) is 14.6. The lowest BCUT2D eigenvalue weighted by atomic mass is 10.1. The lowest BCUT2D eigenvalue weighted by Gasteiger charge is -2.27. The topological polar surface area (TPSA) is 129 Å². The van der Waals surface area contributed by atoms with E-state index in [1.165, 1.54) is 15.6 Å². The lowest BCUT2D eigenvalue weighted by molar-refractivity contribution is -0.133. The van der Waals surface area contributed by atoms with Gasteiger partial charge in [0, 0.05) is 25.3 Å². The Bertz CT molecular complexity index is 1130. The largest absolute Gasteiger partial charge is 0.481 e. The summed E-state index contributed by atoms with van der Waals surface area (Å²) in [5.74, 6) is -0.630. The Morgan fingerprint density at radius 3 is 2.54 bits per heavy atom. The molecule has 2 heterocycles. The standard InChI is InChI=1S/C22H28N4O6S3/c27-19(28)15-33-20-13-23-21(34-20)24-22(29)26(14-16-3-1-2-4-16)17-5-7-18(8-6-17)35(30,31)25-9-11-32-12-10-25/h5-8,13,16H,1-4,9-12,14-15H2,(H,27,28)(H,23,24,29). The van der Waals surface area contributed by atoms with Crippen molar-refractivity contribution in [3.05, 3.63) is 30.5 Å². The Morgan fingerprint density at radius 1 is 1.20 bits per heavy atom.